The Hall–Kier alpha value is 0.589. The van der Waals surface area contributed by atoms with Crippen LogP contribution in [0, 0.1) is 12.2 Å². The molecule has 1 aliphatic carbocycles. The van der Waals surface area contributed by atoms with E-state index < -0.39 is 16.1 Å². The van der Waals surface area contributed by atoms with Crippen LogP contribution >= 0.6 is 0 Å². The Bertz CT molecular complexity index is 342. The molecule has 18 heavy (non-hydrogen) atoms. The van der Waals surface area contributed by atoms with Gasteiger partial charge in [0.2, 0.25) is 0 Å². The van der Waals surface area contributed by atoms with Gasteiger partial charge in [0.25, 0.3) is 0 Å². The van der Waals surface area contributed by atoms with Gasteiger partial charge in [0.1, 0.15) is 0 Å². The third-order valence-electron chi connectivity index (χ3n) is 2.64. The average Bonchev–Trinajstić information content (AvgIpc) is 1.96. The summed E-state index contributed by atoms with van der Waals surface area (Å²) in [5.41, 5.74) is 0. The maximum atomic E-state index is 3.51. The van der Waals surface area contributed by atoms with Gasteiger partial charge in [-0.3, -0.25) is 0 Å². The minimum atomic E-state index is -1.26. The molecule has 0 bridgehead atoms. The van der Waals surface area contributed by atoms with Gasteiger partial charge in [-0.15, -0.1) is 0 Å². The molecular formula is C14H22Li2Si2. The minimum absolute atomic E-state index is 0. The van der Waals surface area contributed by atoms with Crippen LogP contribution in [0.2, 0.25) is 39.3 Å². The van der Waals surface area contributed by atoms with Crippen LogP contribution in [0.4, 0.5) is 0 Å². The fourth-order valence-corrected chi connectivity index (χ4v) is 3.52. The molecule has 4 heteroatoms. The summed E-state index contributed by atoms with van der Waals surface area (Å²) >= 11 is 0. The van der Waals surface area contributed by atoms with E-state index in [4.69, 9.17) is 0 Å². The van der Waals surface area contributed by atoms with E-state index in [1.165, 1.54) is 10.4 Å². The van der Waals surface area contributed by atoms with Crippen molar-refractivity contribution in [3.8, 4) is 0 Å². The molecule has 0 aromatic heterocycles. The van der Waals surface area contributed by atoms with Gasteiger partial charge < -0.3 is 0 Å². The zero-order chi connectivity index (χ0) is 12.4. The molecular weight excluding hydrogens is 238 g/mol. The van der Waals surface area contributed by atoms with Crippen molar-refractivity contribution in [2.75, 3.05) is 0 Å². The molecule has 0 aromatic carbocycles. The first-order valence-electron chi connectivity index (χ1n) is 5.82. The van der Waals surface area contributed by atoms with Crippen LogP contribution in [-0.2, 0) is 0 Å². The predicted octanol–water partition coefficient (Wildman–Crippen LogP) is -1.67. The Morgan fingerprint density at radius 1 is 0.889 bits per heavy atom. The zero-order valence-electron chi connectivity index (χ0n) is 13.3. The Morgan fingerprint density at radius 3 is 1.89 bits per heavy atom. The van der Waals surface area contributed by atoms with E-state index >= 15 is 0 Å². The van der Waals surface area contributed by atoms with Crippen molar-refractivity contribution in [2.45, 2.75) is 39.3 Å². The molecule has 0 amide bonds. The fourth-order valence-electron chi connectivity index (χ4n) is 1.41. The van der Waals surface area contributed by atoms with E-state index in [-0.39, 0.29) is 37.7 Å². The fraction of sp³-hybridized carbons (Fsp3) is 0.429. The van der Waals surface area contributed by atoms with Crippen LogP contribution in [0.25, 0.3) is 0 Å². The van der Waals surface area contributed by atoms with Crippen molar-refractivity contribution in [3.05, 3.63) is 46.8 Å². The number of hydrogen-bond acceptors (Lipinski definition) is 0. The molecule has 0 spiro atoms. The summed E-state index contributed by atoms with van der Waals surface area (Å²) in [4.78, 5) is 0. The van der Waals surface area contributed by atoms with Crippen molar-refractivity contribution >= 4 is 16.1 Å². The Kier molecular flexibility index (Phi) is 9.29. The van der Waals surface area contributed by atoms with E-state index in [0.29, 0.717) is 0 Å². The number of rotatable bonds is 2. The van der Waals surface area contributed by atoms with Crippen molar-refractivity contribution in [1.82, 2.24) is 0 Å². The third-order valence-corrected chi connectivity index (χ3v) is 6.59. The summed E-state index contributed by atoms with van der Waals surface area (Å²) in [7, 11) is -2.51. The SMILES string of the molecule is C[Si](C)(C)C1=C/C=[C-]/C=C([Si](C)(C)C)\C=[C-]\1.[Li+].[Li+]. The van der Waals surface area contributed by atoms with Crippen molar-refractivity contribution < 1.29 is 37.7 Å². The summed E-state index contributed by atoms with van der Waals surface area (Å²) in [5, 5.41) is 2.80. The molecule has 0 aromatic rings. The van der Waals surface area contributed by atoms with Gasteiger partial charge in [-0.05, 0) is 0 Å². The van der Waals surface area contributed by atoms with Crippen LogP contribution in [-0.4, -0.2) is 16.1 Å². The zero-order valence-corrected chi connectivity index (χ0v) is 15.3. The van der Waals surface area contributed by atoms with Gasteiger partial charge in [0.15, 0.2) is 0 Å². The molecule has 0 N–H and O–H groups in total. The summed E-state index contributed by atoms with van der Waals surface area (Å²) in [6.45, 7) is 14.1. The van der Waals surface area contributed by atoms with E-state index in [1.54, 1.807) is 0 Å². The van der Waals surface area contributed by atoms with Crippen LogP contribution in [0.5, 0.6) is 0 Å². The van der Waals surface area contributed by atoms with Gasteiger partial charge in [0.05, 0.1) is 8.07 Å². The number of allylic oxidation sites excluding steroid dienone is 8. The summed E-state index contributed by atoms with van der Waals surface area (Å²) < 4.78 is 0. The van der Waals surface area contributed by atoms with Crippen LogP contribution in [0.1, 0.15) is 0 Å². The first-order valence-corrected chi connectivity index (χ1v) is 12.8. The molecule has 0 saturated heterocycles. The maximum Gasteiger partial charge on any atom is 1.00 e. The second-order valence-electron chi connectivity index (χ2n) is 6.30. The molecule has 0 fully saturated rings. The maximum absolute atomic E-state index is 3.51. The molecule has 88 valence electrons. The monoisotopic (exact) mass is 260 g/mol. The third kappa shape index (κ3) is 6.67. The normalized spacial score (nSPS) is 25.0. The van der Waals surface area contributed by atoms with Gasteiger partial charge in [0, 0.05) is 8.07 Å². The van der Waals surface area contributed by atoms with Gasteiger partial charge >= 0.3 is 37.7 Å². The second-order valence-corrected chi connectivity index (χ2v) is 16.4. The molecule has 0 radical (unpaired) electrons. The van der Waals surface area contributed by atoms with Crippen molar-refractivity contribution in [3.63, 3.8) is 0 Å². The van der Waals surface area contributed by atoms with E-state index in [0.717, 1.165) is 0 Å². The summed E-state index contributed by atoms with van der Waals surface area (Å²) in [6, 6.07) is 0. The largest absolute Gasteiger partial charge is 1.00 e. The van der Waals surface area contributed by atoms with Crippen LogP contribution in [0.3, 0.4) is 0 Å². The number of hydrogen-bond donors (Lipinski definition) is 0. The second kappa shape index (κ2) is 8.01. The first kappa shape index (κ1) is 20.9. The molecule has 0 aliphatic heterocycles. The van der Waals surface area contributed by atoms with E-state index in [2.05, 4.69) is 69.7 Å². The van der Waals surface area contributed by atoms with E-state index in [9.17, 15) is 0 Å². The summed E-state index contributed by atoms with van der Waals surface area (Å²) in [6.07, 6.45) is 15.3. The molecule has 1 aliphatic rings. The Morgan fingerprint density at radius 2 is 1.44 bits per heavy atom. The Labute approximate surface area is 139 Å². The molecule has 1 rings (SSSR count). The Balaban J connectivity index is 0. The van der Waals surface area contributed by atoms with Gasteiger partial charge in [-0.2, -0.15) is 46.8 Å². The van der Waals surface area contributed by atoms with E-state index in [1.807, 2.05) is 6.08 Å². The predicted molar refractivity (Wildman–Crippen MR) is 78.5 cm³/mol. The summed E-state index contributed by atoms with van der Waals surface area (Å²) in [5.74, 6) is 0. The average molecular weight is 260 g/mol. The standard InChI is InChI=1S/C14H22Si2.2Li/c1-15(2,3)13-9-7-8-10-14(12-11-13)16(4,5)6;;/h7,9-10,12H,1-6H3;;/q-2;2*+1/b9-7?,13-9+,14-10+,14-12?;;. The molecule has 0 atom stereocenters. The molecule has 0 unspecified atom stereocenters. The molecule has 0 heterocycles. The quantitative estimate of drug-likeness (QED) is 0.412. The minimum Gasteiger partial charge on any atom is -0.184 e. The van der Waals surface area contributed by atoms with Gasteiger partial charge in [-0.1, -0.05) is 39.3 Å². The van der Waals surface area contributed by atoms with Crippen LogP contribution < -0.4 is 37.7 Å². The van der Waals surface area contributed by atoms with Crippen molar-refractivity contribution in [1.29, 1.82) is 0 Å². The first-order chi connectivity index (χ1) is 7.21. The topological polar surface area (TPSA) is 0 Å². The smallest absolute Gasteiger partial charge is 0.184 e. The van der Waals surface area contributed by atoms with Crippen molar-refractivity contribution in [2.24, 2.45) is 0 Å². The molecule has 0 saturated carbocycles. The molecule has 0 nitrogen and oxygen atoms in total. The van der Waals surface area contributed by atoms with Crippen LogP contribution in [0.15, 0.2) is 34.7 Å². The van der Waals surface area contributed by atoms with Gasteiger partial charge in [-0.25, -0.2) is 0 Å².